The van der Waals surface area contributed by atoms with Crippen molar-refractivity contribution in [2.75, 3.05) is 0 Å². The van der Waals surface area contributed by atoms with Crippen LogP contribution in [-0.4, -0.2) is 37.6 Å². The van der Waals surface area contributed by atoms with Gasteiger partial charge in [-0.05, 0) is 32.4 Å². The molecule has 0 aliphatic rings. The van der Waals surface area contributed by atoms with Gasteiger partial charge in [-0.25, -0.2) is 14.3 Å². The molecule has 2 aromatic heterocycles. The largest absolute Gasteiger partial charge is 0.447 e. The van der Waals surface area contributed by atoms with Crippen LogP contribution in [0, 0.1) is 13.8 Å². The van der Waals surface area contributed by atoms with E-state index in [0.29, 0.717) is 12.3 Å². The summed E-state index contributed by atoms with van der Waals surface area (Å²) in [5.41, 5.74) is 2.53. The van der Waals surface area contributed by atoms with E-state index in [4.69, 9.17) is 4.74 Å². The third kappa shape index (κ3) is 3.85. The van der Waals surface area contributed by atoms with Crippen LogP contribution in [0.2, 0.25) is 0 Å². The molecule has 0 aliphatic carbocycles. The average molecular weight is 353 g/mol. The number of carbonyl (C=O) groups is 2. The first-order chi connectivity index (χ1) is 12.4. The monoisotopic (exact) mass is 353 g/mol. The van der Waals surface area contributed by atoms with E-state index in [2.05, 4.69) is 20.4 Å². The van der Waals surface area contributed by atoms with Gasteiger partial charge in [0.25, 0.3) is 17.5 Å². The van der Waals surface area contributed by atoms with Crippen LogP contribution in [0.25, 0.3) is 5.78 Å². The summed E-state index contributed by atoms with van der Waals surface area (Å²) in [6, 6.07) is 11.3. The van der Waals surface area contributed by atoms with Crippen molar-refractivity contribution in [1.29, 1.82) is 0 Å². The van der Waals surface area contributed by atoms with Crippen molar-refractivity contribution in [3.8, 4) is 0 Å². The fourth-order valence-corrected chi connectivity index (χ4v) is 2.45. The van der Waals surface area contributed by atoms with Crippen molar-refractivity contribution in [2.45, 2.75) is 33.4 Å². The number of benzene rings is 1. The van der Waals surface area contributed by atoms with Gasteiger partial charge >= 0.3 is 5.97 Å². The van der Waals surface area contributed by atoms with Gasteiger partial charge in [0.15, 0.2) is 6.10 Å². The number of ether oxygens (including phenoxy) is 1. The number of esters is 1. The summed E-state index contributed by atoms with van der Waals surface area (Å²) in [6.45, 7) is 5.53. The second-order valence-corrected chi connectivity index (χ2v) is 5.94. The van der Waals surface area contributed by atoms with Crippen LogP contribution in [-0.2, 0) is 16.1 Å². The van der Waals surface area contributed by atoms with E-state index < -0.39 is 18.0 Å². The zero-order valence-electron chi connectivity index (χ0n) is 14.8. The zero-order valence-corrected chi connectivity index (χ0v) is 14.8. The summed E-state index contributed by atoms with van der Waals surface area (Å²) in [4.78, 5) is 32.6. The van der Waals surface area contributed by atoms with E-state index >= 15 is 0 Å². The molecule has 3 aromatic rings. The first kappa shape index (κ1) is 17.5. The number of aryl methyl sites for hydroxylation is 2. The molecule has 0 aliphatic heterocycles. The fourth-order valence-electron chi connectivity index (χ4n) is 2.45. The molecule has 0 unspecified atom stereocenters. The minimum atomic E-state index is -0.964. The fraction of sp³-hybridized carbons (Fsp3) is 0.278. The van der Waals surface area contributed by atoms with E-state index in [1.807, 2.05) is 50.2 Å². The highest BCUT2D eigenvalue weighted by atomic mass is 16.5. The zero-order chi connectivity index (χ0) is 18.7. The standard InChI is InChI=1S/C18H19N5O3/c1-11-9-12(2)23-18(20-11)21-15(22-23)17(25)26-13(3)16(24)19-10-14-7-5-4-6-8-14/h4-9,13H,10H2,1-3H3,(H,19,24)/t13-/m1/s1. The summed E-state index contributed by atoms with van der Waals surface area (Å²) in [6.07, 6.45) is -0.964. The molecular formula is C18H19N5O3. The molecular weight excluding hydrogens is 334 g/mol. The van der Waals surface area contributed by atoms with E-state index in [1.165, 1.54) is 11.4 Å². The second-order valence-electron chi connectivity index (χ2n) is 5.94. The average Bonchev–Trinajstić information content (AvgIpc) is 3.05. The predicted molar refractivity (Wildman–Crippen MR) is 93.4 cm³/mol. The lowest BCUT2D eigenvalue weighted by Crippen LogP contribution is -2.35. The maximum atomic E-state index is 12.2. The van der Waals surface area contributed by atoms with Gasteiger partial charge in [0.1, 0.15) is 0 Å². The lowest BCUT2D eigenvalue weighted by molar-refractivity contribution is -0.129. The Balaban J connectivity index is 1.63. The summed E-state index contributed by atoms with van der Waals surface area (Å²) in [7, 11) is 0. The lowest BCUT2D eigenvalue weighted by Gasteiger charge is -2.12. The number of nitrogens with one attached hydrogen (secondary N) is 1. The van der Waals surface area contributed by atoms with Crippen LogP contribution in [0.15, 0.2) is 36.4 Å². The minimum absolute atomic E-state index is 0.131. The number of fused-ring (bicyclic) bond motifs is 1. The SMILES string of the molecule is Cc1cc(C)n2nc(C(=O)O[C@H](C)C(=O)NCc3ccccc3)nc2n1. The van der Waals surface area contributed by atoms with Crippen molar-refractivity contribution < 1.29 is 14.3 Å². The van der Waals surface area contributed by atoms with Crippen molar-refractivity contribution in [3.05, 3.63) is 59.2 Å². The normalized spacial score (nSPS) is 12.0. The van der Waals surface area contributed by atoms with Gasteiger partial charge in [-0.1, -0.05) is 30.3 Å². The highest BCUT2D eigenvalue weighted by molar-refractivity contribution is 5.89. The molecule has 1 aromatic carbocycles. The van der Waals surface area contributed by atoms with Crippen LogP contribution < -0.4 is 5.32 Å². The van der Waals surface area contributed by atoms with E-state index in [0.717, 1.165) is 17.0 Å². The molecule has 0 fully saturated rings. The Hall–Kier alpha value is -3.29. The Kier molecular flexibility index (Phi) is 4.92. The number of aromatic nitrogens is 4. The molecule has 8 nitrogen and oxygen atoms in total. The summed E-state index contributed by atoms with van der Waals surface area (Å²) >= 11 is 0. The number of nitrogens with zero attached hydrogens (tertiary/aromatic N) is 4. The molecule has 134 valence electrons. The van der Waals surface area contributed by atoms with Gasteiger partial charge in [0, 0.05) is 17.9 Å². The molecule has 1 amide bonds. The van der Waals surface area contributed by atoms with E-state index in [9.17, 15) is 9.59 Å². The third-order valence-electron chi connectivity index (χ3n) is 3.76. The van der Waals surface area contributed by atoms with Crippen LogP contribution in [0.5, 0.6) is 0 Å². The van der Waals surface area contributed by atoms with Crippen molar-refractivity contribution in [2.24, 2.45) is 0 Å². The molecule has 1 N–H and O–H groups in total. The number of amides is 1. The Labute approximate surface area is 150 Å². The summed E-state index contributed by atoms with van der Waals surface area (Å²) < 4.78 is 6.63. The van der Waals surface area contributed by atoms with Gasteiger partial charge in [0.05, 0.1) is 0 Å². The van der Waals surface area contributed by atoms with Crippen LogP contribution in [0.1, 0.15) is 34.5 Å². The Morgan fingerprint density at radius 2 is 1.92 bits per heavy atom. The van der Waals surface area contributed by atoms with Crippen molar-refractivity contribution in [1.82, 2.24) is 24.9 Å². The van der Waals surface area contributed by atoms with Gasteiger partial charge in [0.2, 0.25) is 0 Å². The van der Waals surface area contributed by atoms with E-state index in [1.54, 1.807) is 0 Å². The molecule has 0 saturated carbocycles. The molecule has 0 bridgehead atoms. The molecule has 2 heterocycles. The number of rotatable bonds is 5. The number of hydrogen-bond acceptors (Lipinski definition) is 6. The van der Waals surface area contributed by atoms with Gasteiger partial charge in [-0.2, -0.15) is 4.98 Å². The predicted octanol–water partition coefficient (Wildman–Crippen LogP) is 1.60. The number of hydrogen-bond donors (Lipinski definition) is 1. The Morgan fingerprint density at radius 3 is 2.65 bits per heavy atom. The molecule has 0 saturated heterocycles. The number of carbonyl (C=O) groups excluding carboxylic acids is 2. The van der Waals surface area contributed by atoms with Gasteiger partial charge in [-0.15, -0.1) is 5.10 Å². The Morgan fingerprint density at radius 1 is 1.19 bits per heavy atom. The van der Waals surface area contributed by atoms with Crippen LogP contribution >= 0.6 is 0 Å². The molecule has 26 heavy (non-hydrogen) atoms. The summed E-state index contributed by atoms with van der Waals surface area (Å²) in [5, 5.41) is 6.82. The topological polar surface area (TPSA) is 98.5 Å². The highest BCUT2D eigenvalue weighted by Gasteiger charge is 2.22. The maximum Gasteiger partial charge on any atom is 0.379 e. The lowest BCUT2D eigenvalue weighted by atomic mass is 10.2. The smallest absolute Gasteiger partial charge is 0.379 e. The van der Waals surface area contributed by atoms with Gasteiger partial charge < -0.3 is 10.1 Å². The third-order valence-corrected chi connectivity index (χ3v) is 3.76. The molecule has 0 radical (unpaired) electrons. The quantitative estimate of drug-likeness (QED) is 0.700. The van der Waals surface area contributed by atoms with Crippen LogP contribution in [0.4, 0.5) is 0 Å². The van der Waals surface area contributed by atoms with Gasteiger partial charge in [-0.3, -0.25) is 4.79 Å². The first-order valence-electron chi connectivity index (χ1n) is 8.17. The van der Waals surface area contributed by atoms with Crippen LogP contribution in [0.3, 0.4) is 0 Å². The molecule has 3 rings (SSSR count). The second kappa shape index (κ2) is 7.30. The maximum absolute atomic E-state index is 12.2. The van der Waals surface area contributed by atoms with Crippen molar-refractivity contribution >= 4 is 17.7 Å². The highest BCUT2D eigenvalue weighted by Crippen LogP contribution is 2.07. The first-order valence-corrected chi connectivity index (χ1v) is 8.17. The van der Waals surface area contributed by atoms with Crippen molar-refractivity contribution in [3.63, 3.8) is 0 Å². The Bertz CT molecular complexity index is 952. The van der Waals surface area contributed by atoms with E-state index in [-0.39, 0.29) is 5.82 Å². The molecule has 8 heteroatoms. The molecule has 0 spiro atoms. The molecule has 1 atom stereocenters. The minimum Gasteiger partial charge on any atom is -0.447 e. The summed E-state index contributed by atoms with van der Waals surface area (Å²) in [5.74, 6) is -0.976.